The van der Waals surface area contributed by atoms with Crippen molar-refractivity contribution in [3.8, 4) is 16.9 Å². The van der Waals surface area contributed by atoms with Crippen molar-refractivity contribution in [1.82, 2.24) is 0 Å². The van der Waals surface area contributed by atoms with E-state index in [-0.39, 0.29) is 22.6 Å². The van der Waals surface area contributed by atoms with Crippen LogP contribution in [-0.4, -0.2) is 0 Å². The quantitative estimate of drug-likeness (QED) is 0.285. The lowest BCUT2D eigenvalue weighted by molar-refractivity contribution is 0.272. The summed E-state index contributed by atoms with van der Waals surface area (Å²) in [4.78, 5) is 0. The second-order valence-electron chi connectivity index (χ2n) is 8.01. The highest BCUT2D eigenvalue weighted by Crippen LogP contribution is 2.36. The number of hydrogen-bond acceptors (Lipinski definition) is 1. The molecule has 0 heterocycles. The molecule has 0 aliphatic heterocycles. The molecule has 3 aromatic carbocycles. The van der Waals surface area contributed by atoms with Crippen molar-refractivity contribution in [2.45, 2.75) is 44.6 Å². The fourth-order valence-electron chi connectivity index (χ4n) is 4.16. The molecular weight excluding hydrogens is 430 g/mol. The molecule has 1 nitrogen and oxygen atoms in total. The minimum Gasteiger partial charge on any atom is -0.483 e. The molecule has 0 amide bonds. The molecule has 1 saturated carbocycles. The minimum atomic E-state index is -1.65. The maximum Gasteiger partial charge on any atom is 0.194 e. The van der Waals surface area contributed by atoms with Gasteiger partial charge in [-0.05, 0) is 65.8 Å². The Kier molecular flexibility index (Phi) is 6.44. The van der Waals surface area contributed by atoms with Gasteiger partial charge in [0.15, 0.2) is 34.8 Å². The Labute approximate surface area is 181 Å². The predicted molar refractivity (Wildman–Crippen MR) is 108 cm³/mol. The van der Waals surface area contributed by atoms with E-state index in [0.717, 1.165) is 43.4 Å². The first-order chi connectivity index (χ1) is 15.3. The summed E-state index contributed by atoms with van der Waals surface area (Å²) in [6, 6.07) is 7.93. The van der Waals surface area contributed by atoms with Gasteiger partial charge in [-0.25, -0.2) is 26.3 Å². The van der Waals surface area contributed by atoms with Gasteiger partial charge in [-0.2, -0.15) is 0 Å². The van der Waals surface area contributed by atoms with Crippen molar-refractivity contribution >= 4 is 0 Å². The fourth-order valence-corrected chi connectivity index (χ4v) is 4.16. The average molecular weight is 450 g/mol. The summed E-state index contributed by atoms with van der Waals surface area (Å²) < 4.78 is 88.5. The third kappa shape index (κ3) is 4.61. The third-order valence-electron chi connectivity index (χ3n) is 5.81. The van der Waals surface area contributed by atoms with E-state index in [1.807, 2.05) is 0 Å². The Morgan fingerprint density at radius 3 is 1.91 bits per heavy atom. The van der Waals surface area contributed by atoms with Gasteiger partial charge in [0.2, 0.25) is 0 Å². The zero-order valence-electron chi connectivity index (χ0n) is 17.0. The number of halogens is 6. The van der Waals surface area contributed by atoms with Crippen molar-refractivity contribution in [2.24, 2.45) is 0 Å². The maximum absolute atomic E-state index is 14.8. The van der Waals surface area contributed by atoms with E-state index in [1.54, 1.807) is 6.07 Å². The number of hydrogen-bond donors (Lipinski definition) is 0. The molecule has 0 spiro atoms. The zero-order valence-corrected chi connectivity index (χ0v) is 17.0. The van der Waals surface area contributed by atoms with Crippen molar-refractivity contribution < 1.29 is 31.1 Å². The van der Waals surface area contributed by atoms with Crippen LogP contribution in [0.15, 0.2) is 42.5 Å². The van der Waals surface area contributed by atoms with Crippen LogP contribution in [-0.2, 0) is 6.61 Å². The van der Waals surface area contributed by atoms with Gasteiger partial charge in [0.25, 0.3) is 0 Å². The van der Waals surface area contributed by atoms with Crippen LogP contribution in [0.25, 0.3) is 11.1 Å². The Morgan fingerprint density at radius 2 is 1.31 bits per heavy atom. The molecule has 7 heteroatoms. The normalized spacial score (nSPS) is 14.6. The molecule has 0 aromatic heterocycles. The molecule has 1 aliphatic rings. The van der Waals surface area contributed by atoms with E-state index in [9.17, 15) is 26.3 Å². The van der Waals surface area contributed by atoms with E-state index in [4.69, 9.17) is 4.74 Å². The lowest BCUT2D eigenvalue weighted by Crippen LogP contribution is -2.05. The van der Waals surface area contributed by atoms with Gasteiger partial charge in [0.05, 0.1) is 0 Å². The Bertz CT molecular complexity index is 1090. The summed E-state index contributed by atoms with van der Waals surface area (Å²) in [5.41, 5.74) is 0.787. The maximum atomic E-state index is 14.8. The summed E-state index contributed by atoms with van der Waals surface area (Å²) in [6.45, 7) is -0.592. The predicted octanol–water partition coefficient (Wildman–Crippen LogP) is 7.81. The van der Waals surface area contributed by atoms with Crippen LogP contribution in [0.4, 0.5) is 26.3 Å². The molecule has 168 valence electrons. The van der Waals surface area contributed by atoms with Gasteiger partial charge in [0.1, 0.15) is 12.4 Å². The lowest BCUT2D eigenvalue weighted by atomic mass is 9.83. The minimum absolute atomic E-state index is 0.00100. The van der Waals surface area contributed by atoms with E-state index in [0.29, 0.717) is 12.1 Å². The highest BCUT2D eigenvalue weighted by atomic mass is 19.2. The van der Waals surface area contributed by atoms with Gasteiger partial charge >= 0.3 is 0 Å². The number of ether oxygens (including phenoxy) is 1. The molecule has 0 N–H and O–H groups in total. The van der Waals surface area contributed by atoms with E-state index < -0.39 is 47.3 Å². The average Bonchev–Trinajstić information content (AvgIpc) is 2.77. The van der Waals surface area contributed by atoms with Crippen LogP contribution < -0.4 is 4.74 Å². The number of rotatable bonds is 5. The molecule has 32 heavy (non-hydrogen) atoms. The molecule has 0 unspecified atom stereocenters. The van der Waals surface area contributed by atoms with Crippen molar-refractivity contribution in [3.05, 3.63) is 88.5 Å². The first-order valence-electron chi connectivity index (χ1n) is 10.4. The molecule has 3 aromatic rings. The van der Waals surface area contributed by atoms with E-state index >= 15 is 0 Å². The second kappa shape index (κ2) is 9.27. The Balaban J connectivity index is 1.55. The largest absolute Gasteiger partial charge is 0.483 e. The van der Waals surface area contributed by atoms with Gasteiger partial charge in [0, 0.05) is 5.56 Å². The Morgan fingerprint density at radius 1 is 0.688 bits per heavy atom. The zero-order chi connectivity index (χ0) is 22.8. The van der Waals surface area contributed by atoms with Gasteiger partial charge in [-0.1, -0.05) is 31.4 Å². The molecule has 1 aliphatic carbocycles. The molecule has 4 rings (SSSR count). The molecular formula is C25H20F6O. The summed E-state index contributed by atoms with van der Waals surface area (Å²) >= 11 is 0. The highest BCUT2D eigenvalue weighted by molar-refractivity contribution is 5.66. The molecule has 0 atom stereocenters. The third-order valence-corrected chi connectivity index (χ3v) is 5.81. The molecule has 1 fully saturated rings. The SMILES string of the molecule is Fc1cc(C2CCCCC2)ccc1-c1cc(F)c(OCc2cc(F)c(F)c(F)c2)c(F)c1. The monoisotopic (exact) mass is 450 g/mol. The standard InChI is InChI=1S/C25H20F6O/c26-19-10-16(15-4-2-1-3-5-15)6-7-18(19)17-11-22(29)25(23(30)12-17)32-13-14-8-20(27)24(31)21(28)9-14/h6-12,15H,1-5,13H2. The molecule has 0 bridgehead atoms. The first kappa shape index (κ1) is 22.2. The van der Waals surface area contributed by atoms with Crippen LogP contribution in [0.3, 0.4) is 0 Å². The van der Waals surface area contributed by atoms with Crippen LogP contribution in [0.2, 0.25) is 0 Å². The summed E-state index contributed by atoms with van der Waals surface area (Å²) in [5.74, 6) is -7.78. The van der Waals surface area contributed by atoms with E-state index in [2.05, 4.69) is 0 Å². The van der Waals surface area contributed by atoms with Gasteiger partial charge < -0.3 is 4.74 Å². The summed E-state index contributed by atoms with van der Waals surface area (Å²) in [6.07, 6.45) is 5.37. The van der Waals surface area contributed by atoms with Crippen LogP contribution in [0.1, 0.15) is 49.1 Å². The smallest absolute Gasteiger partial charge is 0.194 e. The van der Waals surface area contributed by atoms with E-state index in [1.165, 1.54) is 18.6 Å². The summed E-state index contributed by atoms with van der Waals surface area (Å²) in [5, 5.41) is 0. The first-order valence-corrected chi connectivity index (χ1v) is 10.4. The van der Waals surface area contributed by atoms with Gasteiger partial charge in [-0.15, -0.1) is 0 Å². The topological polar surface area (TPSA) is 9.23 Å². The van der Waals surface area contributed by atoms with Gasteiger partial charge in [-0.3, -0.25) is 0 Å². The molecule has 0 saturated heterocycles. The van der Waals surface area contributed by atoms with Crippen molar-refractivity contribution in [1.29, 1.82) is 0 Å². The van der Waals surface area contributed by atoms with Crippen LogP contribution in [0, 0.1) is 34.9 Å². The van der Waals surface area contributed by atoms with Crippen LogP contribution >= 0.6 is 0 Å². The van der Waals surface area contributed by atoms with Crippen molar-refractivity contribution in [2.75, 3.05) is 0 Å². The van der Waals surface area contributed by atoms with Crippen LogP contribution in [0.5, 0.6) is 5.75 Å². The Hall–Kier alpha value is -2.96. The highest BCUT2D eigenvalue weighted by Gasteiger charge is 2.20. The lowest BCUT2D eigenvalue weighted by Gasteiger charge is -2.22. The van der Waals surface area contributed by atoms with Crippen molar-refractivity contribution in [3.63, 3.8) is 0 Å². The fraction of sp³-hybridized carbons (Fsp3) is 0.280. The summed E-state index contributed by atoms with van der Waals surface area (Å²) in [7, 11) is 0. The second-order valence-corrected chi connectivity index (χ2v) is 8.01. The number of benzene rings is 3. The molecule has 0 radical (unpaired) electrons.